The third kappa shape index (κ3) is 4.42. The molecule has 1 saturated heterocycles. The average Bonchev–Trinajstić information content (AvgIpc) is 2.30. The van der Waals surface area contributed by atoms with E-state index in [-0.39, 0.29) is 0 Å². The van der Waals surface area contributed by atoms with Crippen LogP contribution < -0.4 is 5.32 Å². The van der Waals surface area contributed by atoms with Crippen LogP contribution in [0.2, 0.25) is 0 Å². The van der Waals surface area contributed by atoms with Gasteiger partial charge < -0.3 is 10.2 Å². The van der Waals surface area contributed by atoms with Crippen molar-refractivity contribution >= 4 is 0 Å². The zero-order valence-electron chi connectivity index (χ0n) is 11.7. The van der Waals surface area contributed by atoms with Crippen molar-refractivity contribution in [1.29, 1.82) is 0 Å². The SMILES string of the molecule is CCNCC(C)CN1CCC(C)(CC)CC1. The van der Waals surface area contributed by atoms with Crippen molar-refractivity contribution < 1.29 is 0 Å². The molecule has 0 amide bonds. The predicted octanol–water partition coefficient (Wildman–Crippen LogP) is 2.74. The molecule has 1 rings (SSSR count). The molecule has 1 fully saturated rings. The van der Waals surface area contributed by atoms with E-state index in [0.29, 0.717) is 5.41 Å². The Labute approximate surface area is 102 Å². The molecule has 16 heavy (non-hydrogen) atoms. The lowest BCUT2D eigenvalue weighted by atomic mass is 9.78. The fraction of sp³-hybridized carbons (Fsp3) is 1.00. The smallest absolute Gasteiger partial charge is 0.00191 e. The topological polar surface area (TPSA) is 15.3 Å². The van der Waals surface area contributed by atoms with Crippen LogP contribution >= 0.6 is 0 Å². The van der Waals surface area contributed by atoms with Crippen LogP contribution in [0.5, 0.6) is 0 Å². The molecule has 0 aromatic heterocycles. The highest BCUT2D eigenvalue weighted by atomic mass is 15.1. The van der Waals surface area contributed by atoms with Gasteiger partial charge in [-0.3, -0.25) is 0 Å². The van der Waals surface area contributed by atoms with Gasteiger partial charge in [-0.25, -0.2) is 0 Å². The Balaban J connectivity index is 2.21. The van der Waals surface area contributed by atoms with Gasteiger partial charge in [-0.1, -0.05) is 34.1 Å². The molecule has 1 unspecified atom stereocenters. The molecule has 1 aliphatic rings. The normalized spacial score (nSPS) is 23.2. The van der Waals surface area contributed by atoms with Crippen molar-refractivity contribution in [3.05, 3.63) is 0 Å². The van der Waals surface area contributed by atoms with E-state index in [4.69, 9.17) is 0 Å². The summed E-state index contributed by atoms with van der Waals surface area (Å²) in [5, 5.41) is 3.44. The summed E-state index contributed by atoms with van der Waals surface area (Å²) in [5.41, 5.74) is 0.626. The Bertz CT molecular complexity index is 183. The van der Waals surface area contributed by atoms with Crippen LogP contribution in [-0.4, -0.2) is 37.6 Å². The molecule has 2 nitrogen and oxygen atoms in total. The van der Waals surface area contributed by atoms with Crippen LogP contribution in [0, 0.1) is 11.3 Å². The molecule has 2 heteroatoms. The van der Waals surface area contributed by atoms with Gasteiger partial charge in [0.25, 0.3) is 0 Å². The van der Waals surface area contributed by atoms with Gasteiger partial charge in [-0.2, -0.15) is 0 Å². The second-order valence-electron chi connectivity index (χ2n) is 5.88. The largest absolute Gasteiger partial charge is 0.317 e. The van der Waals surface area contributed by atoms with Gasteiger partial charge in [-0.05, 0) is 50.4 Å². The molecule has 0 bridgehead atoms. The van der Waals surface area contributed by atoms with E-state index in [1.165, 1.54) is 38.9 Å². The fourth-order valence-corrected chi connectivity index (χ4v) is 2.53. The van der Waals surface area contributed by atoms with E-state index >= 15 is 0 Å². The van der Waals surface area contributed by atoms with Gasteiger partial charge in [0, 0.05) is 6.54 Å². The van der Waals surface area contributed by atoms with E-state index in [1.807, 2.05) is 0 Å². The fourth-order valence-electron chi connectivity index (χ4n) is 2.53. The maximum Gasteiger partial charge on any atom is 0.00191 e. The minimum atomic E-state index is 0.626. The molecular formula is C14H30N2. The third-order valence-corrected chi connectivity index (χ3v) is 4.23. The molecule has 0 aromatic carbocycles. The van der Waals surface area contributed by atoms with Crippen molar-refractivity contribution in [3.8, 4) is 0 Å². The molecule has 1 heterocycles. The summed E-state index contributed by atoms with van der Waals surface area (Å²) in [6.45, 7) is 15.5. The Kier molecular flexibility index (Phi) is 5.77. The predicted molar refractivity (Wildman–Crippen MR) is 71.8 cm³/mol. The number of hydrogen-bond acceptors (Lipinski definition) is 2. The summed E-state index contributed by atoms with van der Waals surface area (Å²) in [6, 6.07) is 0. The Hall–Kier alpha value is -0.0800. The first-order valence-corrected chi connectivity index (χ1v) is 7.02. The maximum absolute atomic E-state index is 3.44. The zero-order chi connectivity index (χ0) is 12.0. The minimum Gasteiger partial charge on any atom is -0.317 e. The third-order valence-electron chi connectivity index (χ3n) is 4.23. The Morgan fingerprint density at radius 3 is 2.38 bits per heavy atom. The van der Waals surface area contributed by atoms with Gasteiger partial charge in [-0.15, -0.1) is 0 Å². The average molecular weight is 226 g/mol. The Morgan fingerprint density at radius 2 is 1.88 bits per heavy atom. The van der Waals surface area contributed by atoms with Gasteiger partial charge in [0.05, 0.1) is 0 Å². The Morgan fingerprint density at radius 1 is 1.25 bits per heavy atom. The van der Waals surface area contributed by atoms with E-state index in [2.05, 4.69) is 37.9 Å². The highest BCUT2D eigenvalue weighted by molar-refractivity contribution is 4.81. The monoisotopic (exact) mass is 226 g/mol. The minimum absolute atomic E-state index is 0.626. The first-order valence-electron chi connectivity index (χ1n) is 7.02. The van der Waals surface area contributed by atoms with Crippen LogP contribution in [0.25, 0.3) is 0 Å². The number of likely N-dealkylation sites (tertiary alicyclic amines) is 1. The summed E-state index contributed by atoms with van der Waals surface area (Å²) in [5.74, 6) is 0.783. The van der Waals surface area contributed by atoms with E-state index in [0.717, 1.165) is 19.0 Å². The quantitative estimate of drug-likeness (QED) is 0.749. The van der Waals surface area contributed by atoms with Crippen LogP contribution in [0.1, 0.15) is 47.0 Å². The number of nitrogens with zero attached hydrogens (tertiary/aromatic N) is 1. The first-order chi connectivity index (χ1) is 7.59. The zero-order valence-corrected chi connectivity index (χ0v) is 11.7. The van der Waals surface area contributed by atoms with Crippen molar-refractivity contribution in [1.82, 2.24) is 10.2 Å². The summed E-state index contributed by atoms with van der Waals surface area (Å²) in [6.07, 6.45) is 4.11. The van der Waals surface area contributed by atoms with E-state index in [9.17, 15) is 0 Å². The second-order valence-corrected chi connectivity index (χ2v) is 5.88. The molecule has 96 valence electrons. The van der Waals surface area contributed by atoms with Crippen LogP contribution in [-0.2, 0) is 0 Å². The maximum atomic E-state index is 3.44. The number of hydrogen-bond donors (Lipinski definition) is 1. The molecule has 0 radical (unpaired) electrons. The standard InChI is InChI=1S/C14H30N2/c1-5-14(4)7-9-16(10-8-14)12-13(3)11-15-6-2/h13,15H,5-12H2,1-4H3. The molecule has 1 aliphatic heterocycles. The molecule has 0 aliphatic carbocycles. The molecule has 0 spiro atoms. The summed E-state index contributed by atoms with van der Waals surface area (Å²) in [4.78, 5) is 2.65. The van der Waals surface area contributed by atoms with Gasteiger partial charge >= 0.3 is 0 Å². The lowest BCUT2D eigenvalue weighted by Crippen LogP contribution is -2.41. The van der Waals surface area contributed by atoms with Crippen molar-refractivity contribution in [2.24, 2.45) is 11.3 Å². The van der Waals surface area contributed by atoms with Crippen LogP contribution in [0.15, 0.2) is 0 Å². The number of nitrogens with one attached hydrogen (secondary N) is 1. The van der Waals surface area contributed by atoms with E-state index in [1.54, 1.807) is 0 Å². The molecule has 1 N–H and O–H groups in total. The number of rotatable bonds is 6. The highest BCUT2D eigenvalue weighted by Crippen LogP contribution is 2.33. The van der Waals surface area contributed by atoms with Crippen molar-refractivity contribution in [2.45, 2.75) is 47.0 Å². The van der Waals surface area contributed by atoms with Gasteiger partial charge in [0.15, 0.2) is 0 Å². The lowest BCUT2D eigenvalue weighted by molar-refractivity contribution is 0.103. The lowest BCUT2D eigenvalue weighted by Gasteiger charge is -2.39. The highest BCUT2D eigenvalue weighted by Gasteiger charge is 2.28. The van der Waals surface area contributed by atoms with Crippen LogP contribution in [0.3, 0.4) is 0 Å². The van der Waals surface area contributed by atoms with E-state index < -0.39 is 0 Å². The molecule has 0 saturated carbocycles. The van der Waals surface area contributed by atoms with Gasteiger partial charge in [0.2, 0.25) is 0 Å². The summed E-state index contributed by atoms with van der Waals surface area (Å²) < 4.78 is 0. The summed E-state index contributed by atoms with van der Waals surface area (Å²) in [7, 11) is 0. The number of piperidine rings is 1. The molecular weight excluding hydrogens is 196 g/mol. The first kappa shape index (κ1) is 14.0. The molecule has 0 aromatic rings. The second kappa shape index (κ2) is 6.61. The summed E-state index contributed by atoms with van der Waals surface area (Å²) >= 11 is 0. The molecule has 1 atom stereocenters. The van der Waals surface area contributed by atoms with Crippen LogP contribution in [0.4, 0.5) is 0 Å². The van der Waals surface area contributed by atoms with Crippen molar-refractivity contribution in [3.63, 3.8) is 0 Å². The van der Waals surface area contributed by atoms with Gasteiger partial charge in [0.1, 0.15) is 0 Å². The van der Waals surface area contributed by atoms with Crippen molar-refractivity contribution in [2.75, 3.05) is 32.7 Å².